The summed E-state index contributed by atoms with van der Waals surface area (Å²) in [5, 5.41) is 11.1. The zero-order chi connectivity index (χ0) is 26.8. The van der Waals surface area contributed by atoms with Gasteiger partial charge in [0, 0.05) is 34.5 Å². The van der Waals surface area contributed by atoms with E-state index in [1.54, 1.807) is 42.5 Å². The number of carbonyl (C=O) groups excluding carboxylic acids is 1. The Bertz CT molecular complexity index is 1290. The van der Waals surface area contributed by atoms with Crippen LogP contribution in [0.15, 0.2) is 72.8 Å². The second-order valence-electron chi connectivity index (χ2n) is 10.2. The van der Waals surface area contributed by atoms with Gasteiger partial charge in [0.1, 0.15) is 17.9 Å². The molecule has 5 rings (SSSR count). The lowest BCUT2D eigenvalue weighted by atomic mass is 9.98. The molecule has 0 aromatic heterocycles. The normalized spacial score (nSPS) is 21.7. The summed E-state index contributed by atoms with van der Waals surface area (Å²) < 4.78 is 33.7. The summed E-state index contributed by atoms with van der Waals surface area (Å²) >= 11 is 0. The van der Waals surface area contributed by atoms with Crippen LogP contribution in [0.1, 0.15) is 58.8 Å². The summed E-state index contributed by atoms with van der Waals surface area (Å²) in [6.07, 6.45) is 1.90. The quantitative estimate of drug-likeness (QED) is 0.274. The third-order valence-corrected chi connectivity index (χ3v) is 7.78. The number of benzene rings is 3. The van der Waals surface area contributed by atoms with Gasteiger partial charge in [-0.15, -0.1) is 0 Å². The van der Waals surface area contributed by atoms with Gasteiger partial charge in [0.15, 0.2) is 0 Å². The molecule has 2 aliphatic rings. The average molecular weight is 519 g/mol. The van der Waals surface area contributed by atoms with Crippen molar-refractivity contribution >= 4 is 17.3 Å². The molecule has 3 aromatic rings. The van der Waals surface area contributed by atoms with E-state index in [0.29, 0.717) is 34.5 Å². The van der Waals surface area contributed by atoms with Crippen LogP contribution < -0.4 is 15.8 Å². The molecule has 2 bridgehead atoms. The maximum atomic E-state index is 13.7. The first-order chi connectivity index (χ1) is 18.3. The van der Waals surface area contributed by atoms with E-state index in [-0.39, 0.29) is 17.4 Å². The van der Waals surface area contributed by atoms with E-state index in [0.717, 1.165) is 18.6 Å². The molecule has 2 aliphatic heterocycles. The number of ether oxygens (including phenoxy) is 1. The monoisotopic (exact) mass is 518 g/mol. The van der Waals surface area contributed by atoms with E-state index in [1.807, 2.05) is 12.1 Å². The van der Waals surface area contributed by atoms with Gasteiger partial charge in [0.25, 0.3) is 12.3 Å². The standard InChI is InChI=1S/C30H32F2N4O2/c1-36-21-10-11-22(36)17-24(16-21)38-23-12-7-18(8-13-23)27(34)25-15-20(9-14-26(25)33)30(37)35-28(29(31)32)19-5-3-2-4-6-19/h2-9,12-15,21-22,24,28-29,34H,10-11,16-17,33H2,1H3,(H,35,37). The minimum atomic E-state index is -2.78. The summed E-state index contributed by atoms with van der Waals surface area (Å²) in [6, 6.07) is 19.6. The molecular weight excluding hydrogens is 486 g/mol. The molecule has 2 saturated heterocycles. The number of fused-ring (bicyclic) bond motifs is 2. The van der Waals surface area contributed by atoms with E-state index in [4.69, 9.17) is 15.9 Å². The maximum Gasteiger partial charge on any atom is 0.262 e. The average Bonchev–Trinajstić information content (AvgIpc) is 3.12. The molecule has 2 heterocycles. The van der Waals surface area contributed by atoms with Crippen LogP contribution in [0.2, 0.25) is 0 Å². The molecule has 0 aliphatic carbocycles. The fourth-order valence-corrected chi connectivity index (χ4v) is 5.60. The summed E-state index contributed by atoms with van der Waals surface area (Å²) in [6.45, 7) is 0. The van der Waals surface area contributed by atoms with Crippen molar-refractivity contribution in [3.05, 3.63) is 95.1 Å². The van der Waals surface area contributed by atoms with Crippen molar-refractivity contribution in [3.8, 4) is 5.75 Å². The van der Waals surface area contributed by atoms with Crippen molar-refractivity contribution in [1.82, 2.24) is 10.2 Å². The number of alkyl halides is 2. The molecule has 2 fully saturated rings. The highest BCUT2D eigenvalue weighted by Crippen LogP contribution is 2.36. The van der Waals surface area contributed by atoms with Crippen LogP contribution in [0.3, 0.4) is 0 Å². The number of nitrogen functional groups attached to an aromatic ring is 1. The summed E-state index contributed by atoms with van der Waals surface area (Å²) in [5.74, 6) is 0.0969. The van der Waals surface area contributed by atoms with Crippen molar-refractivity contribution in [2.45, 2.75) is 56.3 Å². The van der Waals surface area contributed by atoms with Gasteiger partial charge in [-0.2, -0.15) is 0 Å². The molecule has 3 unspecified atom stereocenters. The van der Waals surface area contributed by atoms with Crippen LogP contribution in [0.4, 0.5) is 14.5 Å². The van der Waals surface area contributed by atoms with Gasteiger partial charge in [0.2, 0.25) is 0 Å². The van der Waals surface area contributed by atoms with Crippen molar-refractivity contribution in [3.63, 3.8) is 0 Å². The lowest BCUT2D eigenvalue weighted by Gasteiger charge is -2.36. The number of anilines is 1. The van der Waals surface area contributed by atoms with Crippen molar-refractivity contribution < 1.29 is 18.3 Å². The third-order valence-electron chi connectivity index (χ3n) is 7.78. The van der Waals surface area contributed by atoms with Gasteiger partial charge in [-0.3, -0.25) is 10.2 Å². The summed E-state index contributed by atoms with van der Waals surface area (Å²) in [7, 11) is 2.20. The van der Waals surface area contributed by atoms with Crippen LogP contribution in [-0.4, -0.2) is 48.2 Å². The molecule has 1 amide bonds. The van der Waals surface area contributed by atoms with Crippen LogP contribution in [0, 0.1) is 5.41 Å². The Kier molecular flexibility index (Phi) is 7.42. The predicted octanol–water partition coefficient (Wildman–Crippen LogP) is 5.43. The fourth-order valence-electron chi connectivity index (χ4n) is 5.60. The molecule has 0 radical (unpaired) electrons. The third kappa shape index (κ3) is 5.41. The number of hydrogen-bond acceptors (Lipinski definition) is 5. The highest BCUT2D eigenvalue weighted by atomic mass is 19.3. The van der Waals surface area contributed by atoms with Gasteiger partial charge < -0.3 is 20.7 Å². The summed E-state index contributed by atoms with van der Waals surface area (Å²) in [5.41, 5.74) is 8.03. The highest BCUT2D eigenvalue weighted by Gasteiger charge is 2.39. The highest BCUT2D eigenvalue weighted by molar-refractivity contribution is 6.14. The first-order valence-electron chi connectivity index (χ1n) is 12.9. The van der Waals surface area contributed by atoms with E-state index in [2.05, 4.69) is 17.3 Å². The number of hydrogen-bond donors (Lipinski definition) is 3. The minimum absolute atomic E-state index is 0.134. The van der Waals surface area contributed by atoms with Crippen LogP contribution in [-0.2, 0) is 0 Å². The topological polar surface area (TPSA) is 91.4 Å². The molecule has 0 saturated carbocycles. The van der Waals surface area contributed by atoms with E-state index in [9.17, 15) is 13.6 Å². The number of amides is 1. The Labute approximate surface area is 221 Å². The smallest absolute Gasteiger partial charge is 0.262 e. The summed E-state index contributed by atoms with van der Waals surface area (Å²) in [4.78, 5) is 15.4. The lowest BCUT2D eigenvalue weighted by Crippen LogP contribution is -2.43. The predicted molar refractivity (Wildman–Crippen MR) is 144 cm³/mol. The second-order valence-corrected chi connectivity index (χ2v) is 10.2. The van der Waals surface area contributed by atoms with Gasteiger partial charge in [-0.1, -0.05) is 30.3 Å². The Morgan fingerprint density at radius 1 is 1.00 bits per heavy atom. The Hall–Kier alpha value is -3.78. The van der Waals surface area contributed by atoms with E-state index in [1.165, 1.54) is 31.0 Å². The molecule has 38 heavy (non-hydrogen) atoms. The molecule has 3 atom stereocenters. The number of nitrogens with one attached hydrogen (secondary N) is 2. The van der Waals surface area contributed by atoms with Crippen LogP contribution >= 0.6 is 0 Å². The van der Waals surface area contributed by atoms with Crippen LogP contribution in [0.5, 0.6) is 5.75 Å². The molecule has 198 valence electrons. The Morgan fingerprint density at radius 3 is 2.26 bits per heavy atom. The van der Waals surface area contributed by atoms with Crippen LogP contribution in [0.25, 0.3) is 0 Å². The first-order valence-corrected chi connectivity index (χ1v) is 12.9. The molecule has 4 N–H and O–H groups in total. The zero-order valence-electron chi connectivity index (χ0n) is 21.2. The van der Waals surface area contributed by atoms with Gasteiger partial charge in [0.05, 0.1) is 5.71 Å². The molecule has 3 aromatic carbocycles. The van der Waals surface area contributed by atoms with Gasteiger partial charge >= 0.3 is 0 Å². The van der Waals surface area contributed by atoms with Crippen molar-refractivity contribution in [2.24, 2.45) is 0 Å². The first kappa shape index (κ1) is 25.9. The van der Waals surface area contributed by atoms with E-state index < -0.39 is 18.4 Å². The Morgan fingerprint density at radius 2 is 1.63 bits per heavy atom. The number of carbonyl (C=O) groups is 1. The number of nitrogens with two attached hydrogens (primary N) is 1. The van der Waals surface area contributed by atoms with E-state index >= 15 is 0 Å². The number of piperidine rings is 1. The molecule has 0 spiro atoms. The SMILES string of the molecule is CN1C2CCC1CC(Oc1ccc(C(=N)c3cc(C(=O)NC(c4ccccc4)C(F)F)ccc3N)cc1)C2. The molecule has 8 heteroatoms. The minimum Gasteiger partial charge on any atom is -0.490 e. The maximum absolute atomic E-state index is 13.7. The number of rotatable bonds is 8. The Balaban J connectivity index is 1.28. The van der Waals surface area contributed by atoms with Crippen molar-refractivity contribution in [1.29, 1.82) is 5.41 Å². The molecular formula is C30H32F2N4O2. The molecule has 6 nitrogen and oxygen atoms in total. The van der Waals surface area contributed by atoms with Gasteiger partial charge in [-0.05, 0) is 80.8 Å². The largest absolute Gasteiger partial charge is 0.490 e. The number of nitrogens with zero attached hydrogens (tertiary/aromatic N) is 1. The van der Waals surface area contributed by atoms with Crippen molar-refractivity contribution in [2.75, 3.05) is 12.8 Å². The number of halogens is 2. The second kappa shape index (κ2) is 10.9. The van der Waals surface area contributed by atoms with Gasteiger partial charge in [-0.25, -0.2) is 8.78 Å². The lowest BCUT2D eigenvalue weighted by molar-refractivity contribution is 0.0661. The fraction of sp³-hybridized carbons (Fsp3) is 0.333. The zero-order valence-corrected chi connectivity index (χ0v) is 21.2.